The molecule has 0 amide bonds. The average molecular weight is 668 g/mol. The molecule has 0 atom stereocenters. The molecule has 0 spiro atoms. The first-order valence-electron chi connectivity index (χ1n) is 15.0. The van der Waals surface area contributed by atoms with Crippen molar-refractivity contribution in [2.24, 2.45) is 0 Å². The average Bonchev–Trinajstić information content (AvgIpc) is 3.64. The lowest BCUT2D eigenvalue weighted by Gasteiger charge is -2.23. The van der Waals surface area contributed by atoms with Gasteiger partial charge in [0.05, 0.1) is 28.5 Å². The van der Waals surface area contributed by atoms with Crippen LogP contribution in [0.5, 0.6) is 17.2 Å². The molecule has 0 unspecified atom stereocenters. The number of carbonyl (C=O) groups excluding carboxylic acids is 1. The number of alkyl halides is 2. The molecule has 1 aromatic heterocycles. The van der Waals surface area contributed by atoms with Crippen molar-refractivity contribution in [3.8, 4) is 22.9 Å². The van der Waals surface area contributed by atoms with Crippen LogP contribution in [-0.2, 0) is 26.7 Å². The highest BCUT2D eigenvalue weighted by Gasteiger charge is 2.31. The first-order valence-corrected chi connectivity index (χ1v) is 16.7. The van der Waals surface area contributed by atoms with Crippen LogP contribution in [0, 0.1) is 12.7 Å². The Morgan fingerprint density at radius 3 is 2.60 bits per heavy atom. The summed E-state index contributed by atoms with van der Waals surface area (Å²) in [6.45, 7) is 1.58. The van der Waals surface area contributed by atoms with Gasteiger partial charge in [0.1, 0.15) is 23.9 Å². The van der Waals surface area contributed by atoms with Crippen molar-refractivity contribution in [2.45, 2.75) is 43.6 Å². The van der Waals surface area contributed by atoms with E-state index < -0.39 is 33.9 Å². The van der Waals surface area contributed by atoms with Gasteiger partial charge in [-0.15, -0.1) is 0 Å². The summed E-state index contributed by atoms with van der Waals surface area (Å²) >= 11 is 0. The van der Waals surface area contributed by atoms with Gasteiger partial charge in [-0.05, 0) is 78.9 Å². The van der Waals surface area contributed by atoms with Crippen LogP contribution in [0.15, 0.2) is 66.4 Å². The summed E-state index contributed by atoms with van der Waals surface area (Å²) in [6.07, 6.45) is 1.14. The number of nitrogens with two attached hydrogens (primary N) is 1. The predicted molar refractivity (Wildman–Crippen MR) is 170 cm³/mol. The lowest BCUT2D eigenvalue weighted by Crippen LogP contribution is -2.30. The molecule has 2 N–H and O–H groups in total. The smallest absolute Gasteiger partial charge is 0.272 e. The number of benzene rings is 3. The Hall–Kier alpha value is -4.62. The second kappa shape index (κ2) is 13.2. The van der Waals surface area contributed by atoms with E-state index in [9.17, 15) is 26.4 Å². The first kappa shape index (κ1) is 32.3. The molecule has 3 aromatic carbocycles. The molecule has 47 heavy (non-hydrogen) atoms. The van der Waals surface area contributed by atoms with Crippen molar-refractivity contribution in [1.82, 2.24) is 9.78 Å². The maximum atomic E-state index is 14.1. The molecule has 1 aliphatic carbocycles. The van der Waals surface area contributed by atoms with Gasteiger partial charge in [0.15, 0.2) is 27.2 Å². The third-order valence-electron chi connectivity index (χ3n) is 8.23. The number of ketones is 1. The van der Waals surface area contributed by atoms with Gasteiger partial charge in [-0.25, -0.2) is 26.3 Å². The molecule has 1 saturated heterocycles. The van der Waals surface area contributed by atoms with E-state index in [-0.39, 0.29) is 46.4 Å². The number of para-hydroxylation sites is 1. The van der Waals surface area contributed by atoms with E-state index >= 15 is 0 Å². The zero-order valence-electron chi connectivity index (χ0n) is 25.4. The van der Waals surface area contributed by atoms with Crippen molar-refractivity contribution in [2.75, 3.05) is 25.6 Å². The molecule has 4 aromatic rings. The summed E-state index contributed by atoms with van der Waals surface area (Å²) in [7, 11) is -3.62. The highest BCUT2D eigenvalue weighted by atomic mass is 32.2. The molecule has 13 heteroatoms. The minimum atomic E-state index is -3.62. The number of halogens is 3. The number of aromatic nitrogens is 2. The highest BCUT2D eigenvalue weighted by Crippen LogP contribution is 2.36. The number of rotatable bonds is 11. The van der Waals surface area contributed by atoms with Crippen molar-refractivity contribution in [1.29, 1.82) is 0 Å². The fourth-order valence-electron chi connectivity index (χ4n) is 5.82. The van der Waals surface area contributed by atoms with Crippen LogP contribution in [0.25, 0.3) is 11.8 Å². The number of nitrogens with zero attached hydrogens (tertiary/aromatic N) is 2. The van der Waals surface area contributed by atoms with Gasteiger partial charge in [0.2, 0.25) is 0 Å². The van der Waals surface area contributed by atoms with Gasteiger partial charge in [0, 0.05) is 30.8 Å². The number of hydrogen-bond donors (Lipinski definition) is 1. The van der Waals surface area contributed by atoms with Gasteiger partial charge < -0.3 is 19.9 Å². The van der Waals surface area contributed by atoms with Crippen molar-refractivity contribution in [3.63, 3.8) is 0 Å². The van der Waals surface area contributed by atoms with Crippen LogP contribution in [-0.4, -0.2) is 55.5 Å². The highest BCUT2D eigenvalue weighted by molar-refractivity contribution is 7.91. The number of anilines is 1. The summed E-state index contributed by atoms with van der Waals surface area (Å²) in [5.74, 6) is -0.631. The van der Waals surface area contributed by atoms with Gasteiger partial charge in [-0.1, -0.05) is 18.2 Å². The van der Waals surface area contributed by atoms with E-state index in [2.05, 4.69) is 5.10 Å². The lowest BCUT2D eigenvalue weighted by atomic mass is 10.0. The molecule has 0 radical (unpaired) electrons. The largest absolute Gasteiger partial charge is 0.487 e. The predicted octanol–water partition coefficient (Wildman–Crippen LogP) is 6.25. The summed E-state index contributed by atoms with van der Waals surface area (Å²) in [5, 5.41) is 3.75. The molecule has 9 nitrogen and oxygen atoms in total. The van der Waals surface area contributed by atoms with Crippen LogP contribution in [0.2, 0.25) is 0 Å². The molecule has 1 aliphatic heterocycles. The third-order valence-corrected chi connectivity index (χ3v) is 10.4. The Balaban J connectivity index is 1.23. The Bertz CT molecular complexity index is 1970. The van der Waals surface area contributed by atoms with E-state index in [0.717, 1.165) is 0 Å². The maximum Gasteiger partial charge on any atom is 0.272 e. The summed E-state index contributed by atoms with van der Waals surface area (Å²) < 4.78 is 84.4. The number of sulfone groups is 1. The number of nitrogen functional groups attached to an aromatic ring is 1. The quantitative estimate of drug-likeness (QED) is 0.186. The fraction of sp³-hybridized carbons (Fsp3) is 0.294. The molecule has 2 heterocycles. The second-order valence-electron chi connectivity index (χ2n) is 11.5. The minimum absolute atomic E-state index is 0.0369. The number of aryl methyl sites for hydroxylation is 1. The van der Waals surface area contributed by atoms with E-state index in [1.165, 1.54) is 29.1 Å². The number of Topliss-reactive ketones (excluding diaryl/α,β-unsaturated/α-hetero) is 1. The van der Waals surface area contributed by atoms with Crippen LogP contribution in [0.4, 0.5) is 19.0 Å². The van der Waals surface area contributed by atoms with E-state index in [1.54, 1.807) is 49.4 Å². The number of hydrogen-bond acceptors (Lipinski definition) is 8. The SMILES string of the molecule is Cc1cc(Oc2ccccc2F)ccc1-n1ncc(C(=O)C2=Cc3cc(OCC(F)F)c(CS(=O)(=O)C4CCOCC4)cc3C2)c1N. The zero-order valence-corrected chi connectivity index (χ0v) is 26.2. The Labute approximate surface area is 269 Å². The third kappa shape index (κ3) is 6.91. The van der Waals surface area contributed by atoms with E-state index in [0.29, 0.717) is 59.8 Å². The summed E-state index contributed by atoms with van der Waals surface area (Å²) in [5.41, 5.74) is 9.75. The fourth-order valence-corrected chi connectivity index (χ4v) is 7.63. The minimum Gasteiger partial charge on any atom is -0.487 e. The van der Waals surface area contributed by atoms with Gasteiger partial charge >= 0.3 is 0 Å². The van der Waals surface area contributed by atoms with Crippen LogP contribution >= 0.6 is 0 Å². The van der Waals surface area contributed by atoms with Crippen LogP contribution in [0.3, 0.4) is 0 Å². The number of allylic oxidation sites excluding steroid dienone is 1. The van der Waals surface area contributed by atoms with Crippen molar-refractivity contribution < 1.29 is 40.6 Å². The van der Waals surface area contributed by atoms with Crippen molar-refractivity contribution >= 4 is 27.5 Å². The molecule has 1 fully saturated rings. The van der Waals surface area contributed by atoms with Crippen LogP contribution in [0.1, 0.15) is 45.5 Å². The molecular weight excluding hydrogens is 635 g/mol. The second-order valence-corrected chi connectivity index (χ2v) is 13.8. The monoisotopic (exact) mass is 667 g/mol. The number of carbonyl (C=O) groups is 1. The van der Waals surface area contributed by atoms with Crippen molar-refractivity contribution in [3.05, 3.63) is 100 Å². The van der Waals surface area contributed by atoms with Gasteiger partial charge in [-0.2, -0.15) is 5.10 Å². The molecule has 0 bridgehead atoms. The maximum absolute atomic E-state index is 14.1. The Morgan fingerprint density at radius 1 is 1.11 bits per heavy atom. The topological polar surface area (TPSA) is 123 Å². The zero-order chi connectivity index (χ0) is 33.3. The van der Waals surface area contributed by atoms with Gasteiger partial charge in [-0.3, -0.25) is 4.79 Å². The molecule has 246 valence electrons. The number of fused-ring (bicyclic) bond motifs is 1. The lowest BCUT2D eigenvalue weighted by molar-refractivity contribution is 0.0815. The normalized spacial score (nSPS) is 15.0. The standard InChI is InChI=1S/C34H32F3N3O6S/c1-20-12-25(46-30-5-3-2-4-28(30)35)6-7-29(20)40-34(38)27(17-39-40)33(41)23-13-21-15-24(19-47(42,43)26-8-10-44-11-9-26)31(16-22(21)14-23)45-18-32(36)37/h2-7,12,14-17,26,32H,8-11,13,18-19,38H2,1H3. The van der Waals surface area contributed by atoms with E-state index in [4.69, 9.17) is 19.9 Å². The molecule has 0 saturated carbocycles. The molecular formula is C34H32F3N3O6S. The van der Waals surface area contributed by atoms with Gasteiger partial charge in [0.25, 0.3) is 6.43 Å². The molecule has 6 rings (SSSR count). The molecule has 2 aliphatic rings. The number of ether oxygens (including phenoxy) is 3. The summed E-state index contributed by atoms with van der Waals surface area (Å²) in [6, 6.07) is 14.2. The Kier molecular flexibility index (Phi) is 9.11. The Morgan fingerprint density at radius 2 is 1.87 bits per heavy atom. The summed E-state index contributed by atoms with van der Waals surface area (Å²) in [4.78, 5) is 13.7. The van der Waals surface area contributed by atoms with Crippen LogP contribution < -0.4 is 15.2 Å². The van der Waals surface area contributed by atoms with E-state index in [1.807, 2.05) is 0 Å². The first-order chi connectivity index (χ1) is 22.5.